The highest BCUT2D eigenvalue weighted by molar-refractivity contribution is 6.33. The van der Waals surface area contributed by atoms with E-state index in [2.05, 4.69) is 10.6 Å². The van der Waals surface area contributed by atoms with Gasteiger partial charge in [-0.05, 0) is 43.5 Å². The minimum Gasteiger partial charge on any atom is -0.352 e. The molecule has 1 atom stereocenters. The first kappa shape index (κ1) is 13.7. The second-order valence-corrected chi connectivity index (χ2v) is 5.45. The largest absolute Gasteiger partial charge is 0.352 e. The zero-order valence-corrected chi connectivity index (χ0v) is 11.7. The van der Waals surface area contributed by atoms with Gasteiger partial charge in [0.15, 0.2) is 0 Å². The minimum atomic E-state index is -0.0128. The van der Waals surface area contributed by atoms with E-state index in [1.165, 1.54) is 0 Å². The van der Waals surface area contributed by atoms with E-state index in [4.69, 9.17) is 23.2 Å². The fourth-order valence-electron chi connectivity index (χ4n) is 1.71. The van der Waals surface area contributed by atoms with E-state index >= 15 is 0 Å². The van der Waals surface area contributed by atoms with Gasteiger partial charge in [-0.2, -0.15) is 0 Å². The van der Waals surface area contributed by atoms with E-state index in [-0.39, 0.29) is 11.9 Å². The number of carbonyl (C=O) groups is 1. The predicted molar refractivity (Wildman–Crippen MR) is 74.0 cm³/mol. The Bertz CT molecular complexity index is 447. The van der Waals surface area contributed by atoms with Crippen LogP contribution in [0.5, 0.6) is 0 Å². The summed E-state index contributed by atoms with van der Waals surface area (Å²) in [6.07, 6.45) is 2.20. The third kappa shape index (κ3) is 3.87. The van der Waals surface area contributed by atoms with Gasteiger partial charge >= 0.3 is 0 Å². The molecule has 1 fully saturated rings. The molecule has 0 spiro atoms. The van der Waals surface area contributed by atoms with Gasteiger partial charge in [0.1, 0.15) is 0 Å². The maximum Gasteiger partial charge on any atom is 0.234 e. The normalized spacial score (nSPS) is 16.4. The molecule has 1 amide bonds. The van der Waals surface area contributed by atoms with Crippen LogP contribution in [0.4, 0.5) is 0 Å². The summed E-state index contributed by atoms with van der Waals surface area (Å²) in [6, 6.07) is 5.72. The average molecular weight is 287 g/mol. The van der Waals surface area contributed by atoms with Crippen molar-refractivity contribution in [2.75, 3.05) is 6.54 Å². The molecule has 98 valence electrons. The quantitative estimate of drug-likeness (QED) is 0.874. The molecule has 1 aliphatic carbocycles. The van der Waals surface area contributed by atoms with Crippen molar-refractivity contribution in [1.29, 1.82) is 0 Å². The molecular formula is C13H16Cl2N2O. The third-order valence-electron chi connectivity index (χ3n) is 2.94. The van der Waals surface area contributed by atoms with Gasteiger partial charge in [0, 0.05) is 22.1 Å². The lowest BCUT2D eigenvalue weighted by Gasteiger charge is -2.15. The summed E-state index contributed by atoms with van der Waals surface area (Å²) >= 11 is 12.0. The summed E-state index contributed by atoms with van der Waals surface area (Å²) in [5.74, 6) is 0.0301. The van der Waals surface area contributed by atoms with Crippen molar-refractivity contribution in [2.45, 2.75) is 31.8 Å². The number of nitrogens with one attached hydrogen (secondary N) is 2. The molecule has 1 aliphatic rings. The van der Waals surface area contributed by atoms with Gasteiger partial charge in [-0.15, -0.1) is 0 Å². The van der Waals surface area contributed by atoms with Crippen molar-refractivity contribution in [3.05, 3.63) is 33.8 Å². The first-order valence-corrected chi connectivity index (χ1v) is 6.79. The lowest BCUT2D eigenvalue weighted by Crippen LogP contribution is -2.36. The highest BCUT2D eigenvalue weighted by Crippen LogP contribution is 2.26. The summed E-state index contributed by atoms with van der Waals surface area (Å²) in [4.78, 5) is 11.5. The lowest BCUT2D eigenvalue weighted by molar-refractivity contribution is -0.120. The van der Waals surface area contributed by atoms with Crippen molar-refractivity contribution in [2.24, 2.45) is 0 Å². The Morgan fingerprint density at radius 2 is 2.17 bits per heavy atom. The lowest BCUT2D eigenvalue weighted by atomic mass is 10.1. The molecule has 1 saturated carbocycles. The molecule has 1 aromatic rings. The molecule has 0 heterocycles. The van der Waals surface area contributed by atoms with Crippen LogP contribution >= 0.6 is 23.2 Å². The van der Waals surface area contributed by atoms with Gasteiger partial charge in [-0.25, -0.2) is 0 Å². The van der Waals surface area contributed by atoms with Gasteiger partial charge in [0.05, 0.1) is 6.54 Å². The first-order chi connectivity index (χ1) is 8.56. The van der Waals surface area contributed by atoms with Crippen LogP contribution in [-0.2, 0) is 4.79 Å². The molecule has 0 bridgehead atoms. The summed E-state index contributed by atoms with van der Waals surface area (Å²) in [5, 5.41) is 7.37. The molecular weight excluding hydrogens is 271 g/mol. The van der Waals surface area contributed by atoms with Gasteiger partial charge in [-0.3, -0.25) is 4.79 Å². The van der Waals surface area contributed by atoms with Crippen molar-refractivity contribution < 1.29 is 4.79 Å². The summed E-state index contributed by atoms with van der Waals surface area (Å²) < 4.78 is 0. The van der Waals surface area contributed by atoms with E-state index in [9.17, 15) is 4.79 Å². The van der Waals surface area contributed by atoms with E-state index in [1.807, 2.05) is 13.0 Å². The topological polar surface area (TPSA) is 41.1 Å². The number of halogens is 2. The van der Waals surface area contributed by atoms with Crippen LogP contribution in [0.1, 0.15) is 31.4 Å². The molecule has 5 heteroatoms. The Kier molecular flexibility index (Phi) is 4.49. The summed E-state index contributed by atoms with van der Waals surface area (Å²) in [7, 11) is 0. The van der Waals surface area contributed by atoms with Crippen LogP contribution < -0.4 is 10.6 Å². The minimum absolute atomic E-state index is 0.0128. The fourth-order valence-corrected chi connectivity index (χ4v) is 2.17. The Hall–Kier alpha value is -0.770. The van der Waals surface area contributed by atoms with E-state index < -0.39 is 0 Å². The maximum atomic E-state index is 11.5. The van der Waals surface area contributed by atoms with Crippen molar-refractivity contribution in [3.8, 4) is 0 Å². The number of rotatable bonds is 5. The van der Waals surface area contributed by atoms with Crippen molar-refractivity contribution in [1.82, 2.24) is 10.6 Å². The molecule has 0 aliphatic heterocycles. The summed E-state index contributed by atoms with van der Waals surface area (Å²) in [5.41, 5.74) is 0.906. The molecule has 18 heavy (non-hydrogen) atoms. The number of amides is 1. The summed E-state index contributed by atoms with van der Waals surface area (Å²) in [6.45, 7) is 2.25. The Labute approximate surface area is 117 Å². The maximum absolute atomic E-state index is 11.5. The smallest absolute Gasteiger partial charge is 0.234 e. The van der Waals surface area contributed by atoms with Crippen LogP contribution in [0.2, 0.25) is 10.0 Å². The molecule has 3 nitrogen and oxygen atoms in total. The van der Waals surface area contributed by atoms with Crippen LogP contribution in [0, 0.1) is 0 Å². The molecule has 2 N–H and O–H groups in total. The monoisotopic (exact) mass is 286 g/mol. The zero-order valence-electron chi connectivity index (χ0n) is 10.2. The standard InChI is InChI=1S/C13H16Cl2N2O/c1-8(11-6-9(14)2-5-12(11)15)16-7-13(18)17-10-3-4-10/h2,5-6,8,10,16H,3-4,7H2,1H3,(H,17,18). The van der Waals surface area contributed by atoms with Crippen LogP contribution in [0.15, 0.2) is 18.2 Å². The van der Waals surface area contributed by atoms with Crippen LogP contribution in [-0.4, -0.2) is 18.5 Å². The number of carbonyl (C=O) groups excluding carboxylic acids is 1. The van der Waals surface area contributed by atoms with Crippen LogP contribution in [0.3, 0.4) is 0 Å². The molecule has 2 rings (SSSR count). The van der Waals surface area contributed by atoms with E-state index in [0.717, 1.165) is 18.4 Å². The number of hydrogen-bond donors (Lipinski definition) is 2. The number of hydrogen-bond acceptors (Lipinski definition) is 2. The SMILES string of the molecule is CC(NCC(=O)NC1CC1)c1cc(Cl)ccc1Cl. The van der Waals surface area contributed by atoms with Gasteiger partial charge in [-0.1, -0.05) is 23.2 Å². The Morgan fingerprint density at radius 3 is 2.83 bits per heavy atom. The van der Waals surface area contributed by atoms with E-state index in [0.29, 0.717) is 22.6 Å². The predicted octanol–water partition coefficient (Wildman–Crippen LogP) is 2.92. The van der Waals surface area contributed by atoms with Gasteiger partial charge < -0.3 is 10.6 Å². The molecule has 1 unspecified atom stereocenters. The average Bonchev–Trinajstić information content (AvgIpc) is 3.13. The van der Waals surface area contributed by atoms with Gasteiger partial charge in [0.25, 0.3) is 0 Å². The first-order valence-electron chi connectivity index (χ1n) is 6.04. The highest BCUT2D eigenvalue weighted by Gasteiger charge is 2.23. The number of benzene rings is 1. The van der Waals surface area contributed by atoms with E-state index in [1.54, 1.807) is 12.1 Å². The second-order valence-electron chi connectivity index (χ2n) is 4.61. The van der Waals surface area contributed by atoms with Crippen LogP contribution in [0.25, 0.3) is 0 Å². The molecule has 1 aromatic carbocycles. The second kappa shape index (κ2) is 5.91. The third-order valence-corrected chi connectivity index (χ3v) is 3.52. The highest BCUT2D eigenvalue weighted by atomic mass is 35.5. The molecule has 0 aromatic heterocycles. The molecule has 0 saturated heterocycles. The molecule has 0 radical (unpaired) electrons. The zero-order chi connectivity index (χ0) is 13.1. The Morgan fingerprint density at radius 1 is 1.44 bits per heavy atom. The van der Waals surface area contributed by atoms with Crippen molar-refractivity contribution in [3.63, 3.8) is 0 Å². The Balaban J connectivity index is 1.87. The van der Waals surface area contributed by atoms with Gasteiger partial charge in [0.2, 0.25) is 5.91 Å². The van der Waals surface area contributed by atoms with Crippen molar-refractivity contribution >= 4 is 29.1 Å². The fraction of sp³-hybridized carbons (Fsp3) is 0.462.